The molecule has 0 saturated heterocycles. The van der Waals surface area contributed by atoms with Crippen molar-refractivity contribution in [1.82, 2.24) is 10.3 Å². The van der Waals surface area contributed by atoms with Crippen LogP contribution in [-0.4, -0.2) is 29.0 Å². The van der Waals surface area contributed by atoms with E-state index in [0.717, 1.165) is 36.6 Å². The smallest absolute Gasteiger partial charge is 0.338 e. The third-order valence-electron chi connectivity index (χ3n) is 4.26. The molecule has 0 unspecified atom stereocenters. The Morgan fingerprint density at radius 3 is 2.81 bits per heavy atom. The lowest BCUT2D eigenvalue weighted by Gasteiger charge is -2.26. The van der Waals surface area contributed by atoms with Crippen LogP contribution < -0.4 is 5.32 Å². The van der Waals surface area contributed by atoms with Gasteiger partial charge in [-0.1, -0.05) is 6.07 Å². The number of carbonyl (C=O) groups excluding carboxylic acids is 2. The van der Waals surface area contributed by atoms with E-state index < -0.39 is 17.3 Å². The van der Waals surface area contributed by atoms with E-state index in [1.54, 1.807) is 20.0 Å². The van der Waals surface area contributed by atoms with Crippen molar-refractivity contribution in [2.24, 2.45) is 0 Å². The van der Waals surface area contributed by atoms with Crippen molar-refractivity contribution in [3.05, 3.63) is 64.7 Å². The molecule has 0 spiro atoms. The number of nitrogens with one attached hydrogen (secondary N) is 1. The molecule has 0 radical (unpaired) electrons. The maximum absolute atomic E-state index is 13.2. The summed E-state index contributed by atoms with van der Waals surface area (Å²) in [4.78, 5) is 28.8. The molecule has 3 rings (SSSR count). The molecule has 1 aromatic heterocycles. The van der Waals surface area contributed by atoms with Crippen molar-refractivity contribution in [3.8, 4) is 0 Å². The van der Waals surface area contributed by atoms with E-state index in [2.05, 4.69) is 10.3 Å². The van der Waals surface area contributed by atoms with E-state index >= 15 is 0 Å². The Balaban J connectivity index is 1.59. The van der Waals surface area contributed by atoms with Crippen LogP contribution in [0.3, 0.4) is 0 Å². The van der Waals surface area contributed by atoms with Crippen molar-refractivity contribution >= 4 is 11.9 Å². The van der Waals surface area contributed by atoms with E-state index in [0.29, 0.717) is 5.56 Å². The maximum atomic E-state index is 13.2. The number of esters is 1. The van der Waals surface area contributed by atoms with Gasteiger partial charge in [-0.25, -0.2) is 9.18 Å². The van der Waals surface area contributed by atoms with Gasteiger partial charge in [0.05, 0.1) is 16.7 Å². The number of hydrogen-bond donors (Lipinski definition) is 1. The van der Waals surface area contributed by atoms with Crippen molar-refractivity contribution in [2.45, 2.75) is 38.6 Å². The van der Waals surface area contributed by atoms with Crippen molar-refractivity contribution in [3.63, 3.8) is 0 Å². The third kappa shape index (κ3) is 4.25. The number of aryl methyl sites for hydroxylation is 2. The first-order chi connectivity index (χ1) is 12.3. The number of halogens is 1. The van der Waals surface area contributed by atoms with Gasteiger partial charge in [-0.05, 0) is 62.9 Å². The van der Waals surface area contributed by atoms with Crippen LogP contribution in [0.2, 0.25) is 0 Å². The summed E-state index contributed by atoms with van der Waals surface area (Å²) >= 11 is 0. The molecule has 0 saturated carbocycles. The molecule has 0 aliphatic heterocycles. The zero-order valence-corrected chi connectivity index (χ0v) is 14.8. The minimum absolute atomic E-state index is 0.0353. The third-order valence-corrected chi connectivity index (χ3v) is 4.26. The van der Waals surface area contributed by atoms with Crippen LogP contribution >= 0.6 is 0 Å². The lowest BCUT2D eigenvalue weighted by Crippen LogP contribution is -2.47. The number of hydrogen-bond acceptors (Lipinski definition) is 4. The largest absolute Gasteiger partial charge is 0.460 e. The molecule has 1 heterocycles. The quantitative estimate of drug-likeness (QED) is 0.836. The fourth-order valence-corrected chi connectivity index (χ4v) is 2.91. The average Bonchev–Trinajstić information content (AvgIpc) is 3.07. The minimum atomic E-state index is -0.779. The molecule has 136 valence electrons. The van der Waals surface area contributed by atoms with Gasteiger partial charge in [0.25, 0.3) is 5.91 Å². The predicted octanol–water partition coefficient (Wildman–Crippen LogP) is 3.07. The summed E-state index contributed by atoms with van der Waals surface area (Å²) in [6.07, 6.45) is 4.54. The fraction of sp³-hybridized carbons (Fsp3) is 0.350. The normalized spacial score (nSPS) is 13.2. The Morgan fingerprint density at radius 2 is 2.04 bits per heavy atom. The van der Waals surface area contributed by atoms with Crippen LogP contribution in [0, 0.1) is 5.82 Å². The van der Waals surface area contributed by atoms with E-state index in [1.165, 1.54) is 18.2 Å². The molecule has 1 N–H and O–H groups in total. The first kappa shape index (κ1) is 18.0. The van der Waals surface area contributed by atoms with Crippen LogP contribution in [0.15, 0.2) is 36.5 Å². The molecule has 0 fully saturated rings. The predicted molar refractivity (Wildman–Crippen MR) is 94.5 cm³/mol. The second-order valence-electron chi connectivity index (χ2n) is 7.11. The number of carbonyl (C=O) groups is 2. The fourth-order valence-electron chi connectivity index (χ4n) is 2.91. The number of benzene rings is 1. The van der Waals surface area contributed by atoms with Crippen molar-refractivity contribution in [2.75, 3.05) is 6.61 Å². The maximum Gasteiger partial charge on any atom is 0.338 e. The van der Waals surface area contributed by atoms with Gasteiger partial charge in [0.2, 0.25) is 0 Å². The Morgan fingerprint density at radius 1 is 1.23 bits per heavy atom. The molecule has 1 aliphatic carbocycles. The van der Waals surface area contributed by atoms with Crippen LogP contribution in [0.1, 0.15) is 52.2 Å². The highest BCUT2D eigenvalue weighted by molar-refractivity contribution is 5.94. The summed E-state index contributed by atoms with van der Waals surface area (Å²) in [5.41, 5.74) is 2.03. The summed E-state index contributed by atoms with van der Waals surface area (Å²) in [6.45, 7) is 3.47. The number of fused-ring (bicyclic) bond motifs is 1. The molecular formula is C20H21FN2O3. The zero-order valence-electron chi connectivity index (χ0n) is 14.8. The number of nitrogens with zero attached hydrogens (tertiary/aromatic N) is 1. The highest BCUT2D eigenvalue weighted by Crippen LogP contribution is 2.20. The number of rotatable bonds is 5. The molecular weight excluding hydrogens is 335 g/mol. The summed E-state index contributed by atoms with van der Waals surface area (Å²) in [5.74, 6) is -1.40. The molecule has 2 aromatic rings. The number of amides is 1. The lowest BCUT2D eigenvalue weighted by molar-refractivity contribution is 0.0389. The molecule has 1 aromatic carbocycles. The van der Waals surface area contributed by atoms with Crippen LogP contribution in [-0.2, 0) is 17.6 Å². The monoisotopic (exact) mass is 356 g/mol. The molecule has 1 amide bonds. The van der Waals surface area contributed by atoms with Gasteiger partial charge in [0.15, 0.2) is 0 Å². The highest BCUT2D eigenvalue weighted by atomic mass is 19.1. The molecule has 0 bridgehead atoms. The second kappa shape index (κ2) is 7.23. The summed E-state index contributed by atoms with van der Waals surface area (Å²) in [6, 6.07) is 7.17. The van der Waals surface area contributed by atoms with Gasteiger partial charge in [-0.15, -0.1) is 0 Å². The lowest BCUT2D eigenvalue weighted by atomic mass is 10.1. The number of aromatic nitrogens is 1. The van der Waals surface area contributed by atoms with Gasteiger partial charge in [-0.3, -0.25) is 9.78 Å². The van der Waals surface area contributed by atoms with Crippen LogP contribution in [0.5, 0.6) is 0 Å². The van der Waals surface area contributed by atoms with Gasteiger partial charge in [0.1, 0.15) is 12.4 Å². The minimum Gasteiger partial charge on any atom is -0.460 e. The van der Waals surface area contributed by atoms with E-state index in [9.17, 15) is 14.0 Å². The Kier molecular flexibility index (Phi) is 5.02. The number of ether oxygens (including phenoxy) is 1. The van der Waals surface area contributed by atoms with Gasteiger partial charge < -0.3 is 10.1 Å². The summed E-state index contributed by atoms with van der Waals surface area (Å²) < 4.78 is 18.4. The zero-order chi connectivity index (χ0) is 18.7. The van der Waals surface area contributed by atoms with E-state index in [1.807, 2.05) is 6.07 Å². The first-order valence-corrected chi connectivity index (χ1v) is 8.57. The van der Waals surface area contributed by atoms with Crippen molar-refractivity contribution in [1.29, 1.82) is 0 Å². The van der Waals surface area contributed by atoms with Crippen molar-refractivity contribution < 1.29 is 18.7 Å². The topological polar surface area (TPSA) is 68.3 Å². The molecule has 5 nitrogen and oxygen atoms in total. The standard InChI is InChI=1S/C20H21FN2O3/c1-20(2,12-26-19(25)14-6-3-7-16(21)10-14)23-18(24)15-9-13-5-4-8-17(13)22-11-15/h3,6-7,9-11H,4-5,8,12H2,1-2H3,(H,23,24). The highest BCUT2D eigenvalue weighted by Gasteiger charge is 2.25. The number of pyridine rings is 1. The first-order valence-electron chi connectivity index (χ1n) is 8.57. The van der Waals surface area contributed by atoms with Gasteiger partial charge >= 0.3 is 5.97 Å². The Hall–Kier alpha value is -2.76. The Labute approximate surface area is 151 Å². The Bertz CT molecular complexity index is 849. The molecule has 1 aliphatic rings. The van der Waals surface area contributed by atoms with E-state index in [-0.39, 0.29) is 18.1 Å². The van der Waals surface area contributed by atoms with Crippen LogP contribution in [0.4, 0.5) is 4.39 Å². The molecule has 0 atom stereocenters. The summed E-state index contributed by atoms with van der Waals surface area (Å²) in [7, 11) is 0. The van der Waals surface area contributed by atoms with Crippen LogP contribution in [0.25, 0.3) is 0 Å². The molecule has 26 heavy (non-hydrogen) atoms. The average molecular weight is 356 g/mol. The second-order valence-corrected chi connectivity index (χ2v) is 7.11. The molecule has 6 heteroatoms. The summed E-state index contributed by atoms with van der Waals surface area (Å²) in [5, 5.41) is 2.85. The SMILES string of the molecule is CC(C)(COC(=O)c1cccc(F)c1)NC(=O)c1cnc2c(c1)CCC2. The van der Waals surface area contributed by atoms with E-state index in [4.69, 9.17) is 4.74 Å². The van der Waals surface area contributed by atoms with Gasteiger partial charge in [-0.2, -0.15) is 0 Å². The van der Waals surface area contributed by atoms with Gasteiger partial charge in [0, 0.05) is 11.9 Å².